The monoisotopic (exact) mass is 89.0 g/mol. The summed E-state index contributed by atoms with van der Waals surface area (Å²) < 4.78 is 3.94. The van der Waals surface area contributed by atoms with Gasteiger partial charge in [-0.1, -0.05) is 0 Å². The maximum atomic E-state index is 3.94. The van der Waals surface area contributed by atoms with Crippen molar-refractivity contribution in [2.24, 2.45) is 4.74 Å². The summed E-state index contributed by atoms with van der Waals surface area (Å²) in [5.74, 6) is 0. The fraction of sp³-hybridized carbons (Fsp3) is 1.00. The quantitative estimate of drug-likeness (QED) is 0.434. The van der Waals surface area contributed by atoms with Gasteiger partial charge in [-0.2, -0.15) is 0 Å². The van der Waals surface area contributed by atoms with E-state index in [1.165, 1.54) is 0 Å². The molecule has 0 radical (unpaired) electrons. The Morgan fingerprint density at radius 3 is 2.40 bits per heavy atom. The lowest BCUT2D eigenvalue weighted by atomic mass is 10.8. The van der Waals surface area contributed by atoms with Gasteiger partial charge in [0, 0.05) is 6.54 Å². The van der Waals surface area contributed by atoms with Gasteiger partial charge in [0.1, 0.15) is 0 Å². The Morgan fingerprint density at radius 2 is 2.40 bits per heavy atom. The molecule has 2 heteroatoms. The van der Waals surface area contributed by atoms with Crippen LogP contribution in [0, 0.1) is 0 Å². The van der Waals surface area contributed by atoms with Crippen molar-refractivity contribution in [3.8, 4) is 0 Å². The Balaban J connectivity index is 2.62. The third kappa shape index (κ3) is 4.10. The topological polar surface area (TPSA) is 12.4 Å². The van der Waals surface area contributed by atoms with Gasteiger partial charge in [-0.15, -0.1) is 0 Å². The van der Waals surface area contributed by atoms with Crippen molar-refractivity contribution in [3.63, 3.8) is 0 Å². The predicted octanol–water partition coefficient (Wildman–Crippen LogP) is 1.77. The summed E-state index contributed by atoms with van der Waals surface area (Å²) in [7, 11) is 1.15. The maximum Gasteiger partial charge on any atom is 0.0404 e. The minimum absolute atomic E-state index is 0.956. The SMILES string of the molecule is CC/N=P/C. The summed E-state index contributed by atoms with van der Waals surface area (Å²) in [4.78, 5) is 0. The van der Waals surface area contributed by atoms with Gasteiger partial charge in [0.2, 0.25) is 0 Å². The minimum Gasteiger partial charge on any atom is -0.269 e. The van der Waals surface area contributed by atoms with Crippen LogP contribution in [0.1, 0.15) is 6.92 Å². The average Bonchev–Trinajstić information content (AvgIpc) is 1.41. The Morgan fingerprint density at radius 1 is 1.80 bits per heavy atom. The Labute approximate surface area is 34.3 Å². The zero-order chi connectivity index (χ0) is 4.12. The van der Waals surface area contributed by atoms with Crippen LogP contribution in [0.15, 0.2) is 4.74 Å². The highest BCUT2D eigenvalue weighted by molar-refractivity contribution is 7.25. The predicted molar refractivity (Wildman–Crippen MR) is 25.8 cm³/mol. The summed E-state index contributed by atoms with van der Waals surface area (Å²) in [5, 5.41) is 0. The van der Waals surface area contributed by atoms with Crippen LogP contribution in [0.4, 0.5) is 0 Å². The van der Waals surface area contributed by atoms with Crippen molar-refractivity contribution in [1.29, 1.82) is 0 Å². The van der Waals surface area contributed by atoms with Crippen LogP contribution in [-0.2, 0) is 0 Å². The molecule has 0 saturated heterocycles. The molecule has 0 spiro atoms. The van der Waals surface area contributed by atoms with E-state index >= 15 is 0 Å². The summed E-state index contributed by atoms with van der Waals surface area (Å²) in [6, 6.07) is 0. The van der Waals surface area contributed by atoms with Crippen molar-refractivity contribution in [2.75, 3.05) is 13.2 Å². The maximum absolute atomic E-state index is 3.94. The van der Waals surface area contributed by atoms with Crippen LogP contribution in [0.3, 0.4) is 0 Å². The smallest absolute Gasteiger partial charge is 0.0404 e. The lowest BCUT2D eigenvalue weighted by Gasteiger charge is -1.66. The molecule has 0 unspecified atom stereocenters. The normalized spacial score (nSPS) is 10.0. The molecule has 5 heavy (non-hydrogen) atoms. The van der Waals surface area contributed by atoms with E-state index in [1.54, 1.807) is 0 Å². The van der Waals surface area contributed by atoms with Crippen LogP contribution in [-0.4, -0.2) is 13.2 Å². The van der Waals surface area contributed by atoms with Gasteiger partial charge in [0.25, 0.3) is 0 Å². The first-order valence-corrected chi connectivity index (χ1v) is 2.96. The molecule has 0 atom stereocenters. The van der Waals surface area contributed by atoms with Gasteiger partial charge < -0.3 is 0 Å². The molecule has 0 saturated carbocycles. The number of hydrogen-bond donors (Lipinski definition) is 0. The van der Waals surface area contributed by atoms with E-state index in [0.29, 0.717) is 0 Å². The van der Waals surface area contributed by atoms with Crippen molar-refractivity contribution in [3.05, 3.63) is 0 Å². The highest BCUT2D eigenvalue weighted by Crippen LogP contribution is 1.85. The molecule has 0 aliphatic heterocycles. The summed E-state index contributed by atoms with van der Waals surface area (Å²) in [5.41, 5.74) is 0. The molecular formula is C3H8NP. The molecule has 0 amide bonds. The largest absolute Gasteiger partial charge is 0.269 e. The van der Waals surface area contributed by atoms with Crippen molar-refractivity contribution in [1.82, 2.24) is 0 Å². The van der Waals surface area contributed by atoms with Gasteiger partial charge >= 0.3 is 0 Å². The van der Waals surface area contributed by atoms with E-state index in [0.717, 1.165) is 14.9 Å². The second kappa shape index (κ2) is 4.10. The number of hydrogen-bond acceptors (Lipinski definition) is 1. The summed E-state index contributed by atoms with van der Waals surface area (Å²) in [6.07, 6.45) is 0. The van der Waals surface area contributed by atoms with Gasteiger partial charge in [0.15, 0.2) is 0 Å². The van der Waals surface area contributed by atoms with Crippen molar-refractivity contribution >= 4 is 8.37 Å². The molecule has 0 aromatic heterocycles. The molecule has 0 heterocycles. The second-order valence-electron chi connectivity index (χ2n) is 0.658. The number of rotatable bonds is 1. The molecule has 0 fully saturated rings. The molecule has 1 nitrogen and oxygen atoms in total. The Hall–Kier alpha value is 0.100. The molecule has 0 aliphatic rings. The zero-order valence-corrected chi connectivity index (χ0v) is 4.50. The number of nitrogens with zero attached hydrogens (tertiary/aromatic N) is 1. The first-order valence-electron chi connectivity index (χ1n) is 1.67. The van der Waals surface area contributed by atoms with Gasteiger partial charge in [-0.05, 0) is 22.0 Å². The fourth-order valence-corrected chi connectivity index (χ4v) is 0.424. The third-order valence-corrected chi connectivity index (χ3v) is 0.849. The van der Waals surface area contributed by atoms with Gasteiger partial charge in [-0.25, -0.2) is 0 Å². The molecule has 0 aliphatic carbocycles. The van der Waals surface area contributed by atoms with Crippen molar-refractivity contribution in [2.45, 2.75) is 6.92 Å². The fourth-order valence-electron chi connectivity index (χ4n) is 0.141. The first kappa shape index (κ1) is 5.10. The van der Waals surface area contributed by atoms with E-state index < -0.39 is 0 Å². The molecule has 30 valence electrons. The van der Waals surface area contributed by atoms with Crippen LogP contribution >= 0.6 is 8.37 Å². The standard InChI is InChI=1S/C3H8NP/c1-3-4-5-2/h3H2,1-2H3. The van der Waals surface area contributed by atoms with E-state index in [4.69, 9.17) is 0 Å². The molecule has 0 N–H and O–H groups in total. The van der Waals surface area contributed by atoms with E-state index in [2.05, 4.69) is 4.74 Å². The summed E-state index contributed by atoms with van der Waals surface area (Å²) in [6.45, 7) is 5.01. The lowest BCUT2D eigenvalue weighted by Crippen LogP contribution is -1.52. The van der Waals surface area contributed by atoms with Gasteiger partial charge in [0.05, 0.1) is 0 Å². The van der Waals surface area contributed by atoms with Crippen LogP contribution < -0.4 is 0 Å². The Bertz CT molecular complexity index is 33.9. The van der Waals surface area contributed by atoms with Gasteiger partial charge in [-0.3, -0.25) is 4.74 Å². The van der Waals surface area contributed by atoms with Crippen LogP contribution in [0.25, 0.3) is 0 Å². The van der Waals surface area contributed by atoms with Crippen LogP contribution in [0.5, 0.6) is 0 Å². The highest BCUT2D eigenvalue weighted by atomic mass is 31.1. The van der Waals surface area contributed by atoms with E-state index in [1.807, 2.05) is 13.6 Å². The minimum atomic E-state index is 0.956. The van der Waals surface area contributed by atoms with E-state index in [9.17, 15) is 0 Å². The van der Waals surface area contributed by atoms with Crippen molar-refractivity contribution < 1.29 is 0 Å². The Kier molecular flexibility index (Phi) is 4.18. The molecule has 0 rings (SSSR count). The average molecular weight is 89.1 g/mol. The molecular weight excluding hydrogens is 81.0 g/mol. The van der Waals surface area contributed by atoms with E-state index in [-0.39, 0.29) is 0 Å². The summed E-state index contributed by atoms with van der Waals surface area (Å²) >= 11 is 0. The van der Waals surface area contributed by atoms with Crippen LogP contribution in [0.2, 0.25) is 0 Å². The lowest BCUT2D eigenvalue weighted by molar-refractivity contribution is 1.16. The first-order chi connectivity index (χ1) is 2.41. The molecule has 0 aromatic rings. The molecule has 0 bridgehead atoms. The third-order valence-electron chi connectivity index (χ3n) is 0.283. The molecule has 0 aromatic carbocycles. The highest BCUT2D eigenvalue weighted by Gasteiger charge is 1.52. The zero-order valence-electron chi connectivity index (χ0n) is 3.60. The second-order valence-corrected chi connectivity index (χ2v) is 1.34.